The highest BCUT2D eigenvalue weighted by molar-refractivity contribution is 5.31. The van der Waals surface area contributed by atoms with Gasteiger partial charge in [-0.1, -0.05) is 12.1 Å². The highest BCUT2D eigenvalue weighted by atomic mass is 16.3. The van der Waals surface area contributed by atoms with Crippen LogP contribution in [-0.4, -0.2) is 68.3 Å². The van der Waals surface area contributed by atoms with Crippen LogP contribution in [0.3, 0.4) is 0 Å². The second-order valence-corrected chi connectivity index (χ2v) is 7.45. The Hall–Kier alpha value is -1.99. The zero-order valence-corrected chi connectivity index (χ0v) is 14.8. The molecule has 1 aromatic carbocycles. The van der Waals surface area contributed by atoms with Crippen molar-refractivity contribution in [1.29, 1.82) is 0 Å². The molecular weight excluding hydrogens is 304 g/mol. The predicted molar refractivity (Wildman–Crippen MR) is 91.8 cm³/mol. The molecule has 0 amide bonds. The molecule has 3 rings (SSSR count). The molecule has 2 aromatic rings. The average Bonchev–Trinajstić information content (AvgIpc) is 3.01. The van der Waals surface area contributed by atoms with Crippen LogP contribution in [0.25, 0.3) is 0 Å². The Morgan fingerprint density at radius 2 is 1.67 bits per heavy atom. The summed E-state index contributed by atoms with van der Waals surface area (Å²) >= 11 is 0. The zero-order valence-electron chi connectivity index (χ0n) is 14.8. The van der Waals surface area contributed by atoms with E-state index in [9.17, 15) is 5.11 Å². The Balaban J connectivity index is 2.02. The lowest BCUT2D eigenvalue weighted by Gasteiger charge is -2.38. The van der Waals surface area contributed by atoms with Crippen LogP contribution in [0.4, 0.5) is 0 Å². The van der Waals surface area contributed by atoms with Crippen molar-refractivity contribution in [2.45, 2.75) is 32.4 Å². The summed E-state index contributed by atoms with van der Waals surface area (Å²) in [6.07, 6.45) is 0. The van der Waals surface area contributed by atoms with Gasteiger partial charge in [-0.2, -0.15) is 0 Å². The van der Waals surface area contributed by atoms with Gasteiger partial charge in [0.25, 0.3) is 0 Å². The Morgan fingerprint density at radius 1 is 1.04 bits per heavy atom. The third kappa shape index (κ3) is 3.42. The molecule has 1 N–H and O–H groups in total. The van der Waals surface area contributed by atoms with Gasteiger partial charge in [0.15, 0.2) is 5.82 Å². The summed E-state index contributed by atoms with van der Waals surface area (Å²) in [5.41, 5.74) is 0.901. The molecule has 1 unspecified atom stereocenters. The van der Waals surface area contributed by atoms with Crippen LogP contribution in [0.5, 0.6) is 5.75 Å². The number of nitrogens with zero attached hydrogens (tertiary/aromatic N) is 6. The SMILES string of the molecule is CN1CCN(C(c2ccc(O)cc2)c2nnnn2C(C)(C)C)CC1. The first-order valence-electron chi connectivity index (χ1n) is 8.36. The van der Waals surface area contributed by atoms with Gasteiger partial charge in [-0.3, -0.25) is 4.90 Å². The second-order valence-electron chi connectivity index (χ2n) is 7.45. The van der Waals surface area contributed by atoms with Gasteiger partial charge in [-0.15, -0.1) is 5.10 Å². The molecular formula is C17H26N6O. The molecule has 0 spiro atoms. The highest BCUT2D eigenvalue weighted by Crippen LogP contribution is 2.31. The first kappa shape index (κ1) is 16.9. The van der Waals surface area contributed by atoms with E-state index in [-0.39, 0.29) is 17.3 Å². The fourth-order valence-electron chi connectivity index (χ4n) is 3.10. The number of piperazine rings is 1. The molecule has 1 aliphatic heterocycles. The van der Waals surface area contributed by atoms with Crippen molar-refractivity contribution in [1.82, 2.24) is 30.0 Å². The molecule has 0 bridgehead atoms. The molecule has 1 aliphatic rings. The van der Waals surface area contributed by atoms with Gasteiger partial charge in [-0.25, -0.2) is 4.68 Å². The number of phenols is 1. The fraction of sp³-hybridized carbons (Fsp3) is 0.588. The number of aromatic nitrogens is 4. The summed E-state index contributed by atoms with van der Waals surface area (Å²) in [6.45, 7) is 10.3. The van der Waals surface area contributed by atoms with Crippen molar-refractivity contribution in [3.8, 4) is 5.75 Å². The normalized spacial score (nSPS) is 18.7. The third-order valence-corrected chi connectivity index (χ3v) is 4.49. The molecule has 1 fully saturated rings. The van der Waals surface area contributed by atoms with Crippen LogP contribution in [0.1, 0.15) is 38.2 Å². The van der Waals surface area contributed by atoms with E-state index in [4.69, 9.17) is 0 Å². The third-order valence-electron chi connectivity index (χ3n) is 4.49. The molecule has 130 valence electrons. The first-order valence-corrected chi connectivity index (χ1v) is 8.36. The summed E-state index contributed by atoms with van der Waals surface area (Å²) in [7, 11) is 2.14. The van der Waals surface area contributed by atoms with Crippen molar-refractivity contribution in [3.05, 3.63) is 35.7 Å². The van der Waals surface area contributed by atoms with Crippen LogP contribution < -0.4 is 0 Å². The Labute approximate surface area is 142 Å². The molecule has 1 saturated heterocycles. The minimum absolute atomic E-state index is 0.0199. The topological polar surface area (TPSA) is 70.3 Å². The Kier molecular flexibility index (Phi) is 4.56. The molecule has 24 heavy (non-hydrogen) atoms. The second kappa shape index (κ2) is 6.49. The summed E-state index contributed by atoms with van der Waals surface area (Å²) < 4.78 is 1.91. The smallest absolute Gasteiger partial charge is 0.173 e. The van der Waals surface area contributed by atoms with Crippen molar-refractivity contribution in [2.75, 3.05) is 33.2 Å². The molecule has 7 heteroatoms. The van der Waals surface area contributed by atoms with Crippen molar-refractivity contribution >= 4 is 0 Å². The standard InChI is InChI=1S/C17H26N6O/c1-17(2,3)23-16(18-19-20-23)15(13-5-7-14(24)8-6-13)22-11-9-21(4)10-12-22/h5-8,15,24H,9-12H2,1-4H3. The van der Waals surface area contributed by atoms with E-state index >= 15 is 0 Å². The van der Waals surface area contributed by atoms with E-state index in [0.717, 1.165) is 37.6 Å². The number of hydrogen-bond donors (Lipinski definition) is 1. The van der Waals surface area contributed by atoms with Crippen LogP contribution in [0, 0.1) is 0 Å². The van der Waals surface area contributed by atoms with Crippen molar-refractivity contribution < 1.29 is 5.11 Å². The first-order chi connectivity index (χ1) is 11.4. The number of phenolic OH excluding ortho intramolecular Hbond substituents is 1. The summed E-state index contributed by atoms with van der Waals surface area (Å²) in [5.74, 6) is 1.11. The maximum Gasteiger partial charge on any atom is 0.173 e. The number of rotatable bonds is 3. The van der Waals surface area contributed by atoms with Gasteiger partial charge in [0.1, 0.15) is 5.75 Å². The monoisotopic (exact) mass is 330 g/mol. The average molecular weight is 330 g/mol. The molecule has 0 saturated carbocycles. The molecule has 2 heterocycles. The molecule has 0 aliphatic carbocycles. The van der Waals surface area contributed by atoms with E-state index in [1.54, 1.807) is 12.1 Å². The van der Waals surface area contributed by atoms with E-state index < -0.39 is 0 Å². The molecule has 1 atom stereocenters. The van der Waals surface area contributed by atoms with Gasteiger partial charge in [-0.05, 0) is 55.9 Å². The molecule has 0 radical (unpaired) electrons. The summed E-state index contributed by atoms with van der Waals surface area (Å²) in [5, 5.41) is 22.2. The maximum absolute atomic E-state index is 9.63. The van der Waals surface area contributed by atoms with E-state index in [1.807, 2.05) is 16.8 Å². The summed E-state index contributed by atoms with van der Waals surface area (Å²) in [6, 6.07) is 7.35. The lowest BCUT2D eigenvalue weighted by Crippen LogP contribution is -2.47. The van der Waals surface area contributed by atoms with Crippen molar-refractivity contribution in [3.63, 3.8) is 0 Å². The van der Waals surface area contributed by atoms with Gasteiger partial charge >= 0.3 is 0 Å². The maximum atomic E-state index is 9.63. The van der Waals surface area contributed by atoms with Gasteiger partial charge in [0, 0.05) is 26.2 Å². The van der Waals surface area contributed by atoms with Crippen LogP contribution in [0.2, 0.25) is 0 Å². The lowest BCUT2D eigenvalue weighted by molar-refractivity contribution is 0.118. The van der Waals surface area contributed by atoms with Crippen LogP contribution >= 0.6 is 0 Å². The van der Waals surface area contributed by atoms with Crippen molar-refractivity contribution in [2.24, 2.45) is 0 Å². The Morgan fingerprint density at radius 3 is 2.25 bits per heavy atom. The lowest BCUT2D eigenvalue weighted by atomic mass is 10.0. The van der Waals surface area contributed by atoms with Gasteiger partial charge in [0.2, 0.25) is 0 Å². The number of hydrogen-bond acceptors (Lipinski definition) is 6. The van der Waals surface area contributed by atoms with Gasteiger partial charge < -0.3 is 10.0 Å². The minimum Gasteiger partial charge on any atom is -0.508 e. The number of tetrazole rings is 1. The summed E-state index contributed by atoms with van der Waals surface area (Å²) in [4.78, 5) is 4.75. The molecule has 7 nitrogen and oxygen atoms in total. The fourth-order valence-corrected chi connectivity index (χ4v) is 3.10. The number of benzene rings is 1. The van der Waals surface area contributed by atoms with E-state index in [2.05, 4.69) is 53.1 Å². The van der Waals surface area contributed by atoms with E-state index in [0.29, 0.717) is 0 Å². The minimum atomic E-state index is -0.194. The van der Waals surface area contributed by atoms with Crippen LogP contribution in [0.15, 0.2) is 24.3 Å². The zero-order chi connectivity index (χ0) is 17.3. The highest BCUT2D eigenvalue weighted by Gasteiger charge is 2.32. The van der Waals surface area contributed by atoms with Gasteiger partial charge in [0.05, 0.1) is 11.6 Å². The Bertz CT molecular complexity index is 667. The number of aromatic hydroxyl groups is 1. The van der Waals surface area contributed by atoms with E-state index in [1.165, 1.54) is 0 Å². The molecule has 1 aromatic heterocycles. The van der Waals surface area contributed by atoms with Crippen LogP contribution in [-0.2, 0) is 5.54 Å². The number of likely N-dealkylation sites (N-methyl/N-ethyl adjacent to an activating group) is 1. The quantitative estimate of drug-likeness (QED) is 0.919. The predicted octanol–water partition coefficient (Wildman–Crippen LogP) is 1.47. The largest absolute Gasteiger partial charge is 0.508 e.